The van der Waals surface area contributed by atoms with Gasteiger partial charge in [-0.2, -0.15) is 0 Å². The zero-order valence-electron chi connectivity index (χ0n) is 12.1. The van der Waals surface area contributed by atoms with Crippen molar-refractivity contribution in [3.8, 4) is 11.1 Å². The molecule has 0 heterocycles. The molecule has 23 heavy (non-hydrogen) atoms. The number of aryl methyl sites for hydroxylation is 1. The SMILES string of the molecule is Cc1ccc(-c2ccc(S(=O)[O-])cc2)cc1S(=O)(=O)CC(=O)O. The number of hydrogen-bond donors (Lipinski definition) is 1. The van der Waals surface area contributed by atoms with E-state index in [0.717, 1.165) is 0 Å². The van der Waals surface area contributed by atoms with E-state index in [4.69, 9.17) is 5.11 Å². The number of sulfone groups is 1. The van der Waals surface area contributed by atoms with Gasteiger partial charge < -0.3 is 9.66 Å². The summed E-state index contributed by atoms with van der Waals surface area (Å²) in [6.45, 7) is 1.59. The van der Waals surface area contributed by atoms with Crippen molar-refractivity contribution in [3.05, 3.63) is 48.0 Å². The van der Waals surface area contributed by atoms with E-state index in [1.807, 2.05) is 0 Å². The highest BCUT2D eigenvalue weighted by Crippen LogP contribution is 2.26. The van der Waals surface area contributed by atoms with Gasteiger partial charge in [0.1, 0.15) is 0 Å². The normalized spacial score (nSPS) is 12.8. The first-order chi connectivity index (χ1) is 10.7. The van der Waals surface area contributed by atoms with Crippen LogP contribution in [0.5, 0.6) is 0 Å². The van der Waals surface area contributed by atoms with E-state index in [1.165, 1.54) is 18.2 Å². The van der Waals surface area contributed by atoms with Crippen molar-refractivity contribution in [1.29, 1.82) is 0 Å². The molecule has 0 saturated carbocycles. The van der Waals surface area contributed by atoms with Gasteiger partial charge in [0.2, 0.25) is 0 Å². The summed E-state index contributed by atoms with van der Waals surface area (Å²) in [4.78, 5) is 10.8. The Morgan fingerprint density at radius 1 is 1.13 bits per heavy atom. The van der Waals surface area contributed by atoms with Gasteiger partial charge in [-0.3, -0.25) is 9.00 Å². The van der Waals surface area contributed by atoms with Crippen LogP contribution in [0.15, 0.2) is 52.3 Å². The van der Waals surface area contributed by atoms with Crippen LogP contribution in [0.2, 0.25) is 0 Å². The van der Waals surface area contributed by atoms with Crippen LogP contribution in [0.25, 0.3) is 11.1 Å². The first kappa shape index (κ1) is 17.3. The van der Waals surface area contributed by atoms with Crippen LogP contribution in [0, 0.1) is 6.92 Å². The predicted molar refractivity (Wildman–Crippen MR) is 83.5 cm³/mol. The van der Waals surface area contributed by atoms with Crippen LogP contribution in [0.3, 0.4) is 0 Å². The minimum absolute atomic E-state index is 0.0473. The van der Waals surface area contributed by atoms with Crippen LogP contribution in [0.4, 0.5) is 0 Å². The fourth-order valence-corrected chi connectivity index (χ4v) is 3.82. The molecular weight excluding hydrogens is 340 g/mol. The molecule has 6 nitrogen and oxygen atoms in total. The summed E-state index contributed by atoms with van der Waals surface area (Å²) < 4.78 is 45.9. The minimum Gasteiger partial charge on any atom is -0.768 e. The number of carboxylic acids is 1. The lowest BCUT2D eigenvalue weighted by atomic mass is 10.0. The molecule has 8 heteroatoms. The van der Waals surface area contributed by atoms with Crippen molar-refractivity contribution in [1.82, 2.24) is 0 Å². The molecule has 2 aromatic rings. The van der Waals surface area contributed by atoms with Gasteiger partial charge in [0.15, 0.2) is 15.6 Å². The number of rotatable bonds is 5. The largest absolute Gasteiger partial charge is 0.768 e. The molecule has 0 aromatic heterocycles. The number of benzene rings is 2. The van der Waals surface area contributed by atoms with Crippen molar-refractivity contribution in [2.75, 3.05) is 5.75 Å². The van der Waals surface area contributed by atoms with Crippen LogP contribution in [-0.4, -0.2) is 34.0 Å². The second-order valence-electron chi connectivity index (χ2n) is 4.89. The second-order valence-corrected chi connectivity index (χ2v) is 7.79. The van der Waals surface area contributed by atoms with Crippen LogP contribution in [0.1, 0.15) is 5.56 Å². The number of aliphatic carboxylic acids is 1. The van der Waals surface area contributed by atoms with E-state index in [9.17, 15) is 22.0 Å². The highest BCUT2D eigenvalue weighted by molar-refractivity contribution is 7.92. The highest BCUT2D eigenvalue weighted by atomic mass is 32.2. The first-order valence-electron chi connectivity index (χ1n) is 6.45. The van der Waals surface area contributed by atoms with E-state index in [2.05, 4.69) is 0 Å². The Morgan fingerprint density at radius 2 is 1.70 bits per heavy atom. The molecular formula is C15H13O6S2-. The van der Waals surface area contributed by atoms with E-state index in [0.29, 0.717) is 16.7 Å². The van der Waals surface area contributed by atoms with Gasteiger partial charge in [-0.15, -0.1) is 0 Å². The Kier molecular flexibility index (Phi) is 4.98. The molecule has 1 atom stereocenters. The molecule has 0 bridgehead atoms. The molecule has 0 radical (unpaired) electrons. The minimum atomic E-state index is -3.94. The molecule has 0 fully saturated rings. The molecule has 0 aliphatic heterocycles. The van der Waals surface area contributed by atoms with Gasteiger partial charge in [0.05, 0.1) is 4.90 Å². The van der Waals surface area contributed by atoms with E-state index in [-0.39, 0.29) is 9.79 Å². The molecule has 2 aromatic carbocycles. The zero-order chi connectivity index (χ0) is 17.2. The summed E-state index contributed by atoms with van der Waals surface area (Å²) in [5.41, 5.74) is 1.64. The second kappa shape index (κ2) is 6.61. The molecule has 1 unspecified atom stereocenters. The third-order valence-electron chi connectivity index (χ3n) is 3.22. The molecule has 0 spiro atoms. The number of hydrogen-bond acceptors (Lipinski definition) is 5. The third-order valence-corrected chi connectivity index (χ3v) is 5.61. The Hall–Kier alpha value is -2.03. The molecule has 0 aliphatic carbocycles. The van der Waals surface area contributed by atoms with Crippen LogP contribution < -0.4 is 0 Å². The summed E-state index contributed by atoms with van der Waals surface area (Å²) in [6, 6.07) is 10.6. The molecule has 0 saturated heterocycles. The van der Waals surface area contributed by atoms with Gasteiger partial charge in [-0.1, -0.05) is 24.3 Å². The lowest BCUT2D eigenvalue weighted by Crippen LogP contribution is -2.16. The topological polar surface area (TPSA) is 112 Å². The fraction of sp³-hybridized carbons (Fsp3) is 0.133. The summed E-state index contributed by atoms with van der Waals surface area (Å²) in [7, 11) is -3.94. The highest BCUT2D eigenvalue weighted by Gasteiger charge is 2.21. The van der Waals surface area contributed by atoms with Crippen molar-refractivity contribution >= 4 is 26.9 Å². The smallest absolute Gasteiger partial charge is 0.319 e. The quantitative estimate of drug-likeness (QED) is 0.820. The zero-order valence-corrected chi connectivity index (χ0v) is 13.7. The lowest BCUT2D eigenvalue weighted by Gasteiger charge is -2.10. The average molecular weight is 353 g/mol. The average Bonchev–Trinajstić information content (AvgIpc) is 2.46. The monoisotopic (exact) mass is 353 g/mol. The fourth-order valence-electron chi connectivity index (χ4n) is 2.11. The van der Waals surface area contributed by atoms with Gasteiger partial charge in [-0.25, -0.2) is 8.42 Å². The standard InChI is InChI=1S/C15H14O6S2/c1-10-2-3-12(8-14(10)23(20,21)9-15(16)17)11-4-6-13(7-5-11)22(18)19/h2-8H,9H2,1H3,(H,16,17)(H,18,19)/p-1. The maximum Gasteiger partial charge on any atom is 0.319 e. The summed E-state index contributed by atoms with van der Waals surface area (Å²) in [5, 5.41) is 8.73. The van der Waals surface area contributed by atoms with Crippen molar-refractivity contribution in [2.45, 2.75) is 16.7 Å². The van der Waals surface area contributed by atoms with Crippen LogP contribution in [-0.2, 0) is 25.7 Å². The predicted octanol–water partition coefficient (Wildman–Crippen LogP) is 1.76. The number of carboxylic acid groups (broad SMARTS) is 1. The van der Waals surface area contributed by atoms with E-state index >= 15 is 0 Å². The Balaban J connectivity index is 2.48. The summed E-state index contributed by atoms with van der Waals surface area (Å²) in [6.07, 6.45) is 0. The Morgan fingerprint density at radius 3 is 2.22 bits per heavy atom. The summed E-state index contributed by atoms with van der Waals surface area (Å²) in [5.74, 6) is -2.40. The van der Waals surface area contributed by atoms with Crippen molar-refractivity contribution in [2.24, 2.45) is 0 Å². The van der Waals surface area contributed by atoms with E-state index < -0.39 is 32.6 Å². The molecule has 1 N–H and O–H groups in total. The summed E-state index contributed by atoms with van der Waals surface area (Å²) >= 11 is -2.33. The first-order valence-corrected chi connectivity index (χ1v) is 9.18. The Labute approximate surface area is 136 Å². The molecule has 122 valence electrons. The van der Waals surface area contributed by atoms with Crippen LogP contribution >= 0.6 is 0 Å². The molecule has 2 rings (SSSR count). The van der Waals surface area contributed by atoms with Crippen molar-refractivity contribution < 1.29 is 27.1 Å². The van der Waals surface area contributed by atoms with Gasteiger partial charge in [-0.05, 0) is 52.9 Å². The van der Waals surface area contributed by atoms with Gasteiger partial charge in [0.25, 0.3) is 0 Å². The maximum absolute atomic E-state index is 12.1. The van der Waals surface area contributed by atoms with Gasteiger partial charge in [0, 0.05) is 4.90 Å². The van der Waals surface area contributed by atoms with Crippen molar-refractivity contribution in [3.63, 3.8) is 0 Å². The lowest BCUT2D eigenvalue weighted by molar-refractivity contribution is -0.134. The van der Waals surface area contributed by atoms with Gasteiger partial charge >= 0.3 is 5.97 Å². The molecule has 0 aliphatic rings. The molecule has 0 amide bonds. The third kappa shape index (κ3) is 4.04. The number of carbonyl (C=O) groups is 1. The van der Waals surface area contributed by atoms with E-state index in [1.54, 1.807) is 31.2 Å². The Bertz CT molecular complexity index is 869. The maximum atomic E-state index is 12.1.